The molecule has 2 aromatic carbocycles. The van der Waals surface area contributed by atoms with Crippen molar-refractivity contribution in [3.05, 3.63) is 70.7 Å². The van der Waals surface area contributed by atoms with E-state index in [9.17, 15) is 5.11 Å². The zero-order valence-electron chi connectivity index (χ0n) is 9.68. The molecular formula is C15H12ClNO. The number of hydrogen-bond donors (Lipinski definition) is 1. The lowest BCUT2D eigenvalue weighted by molar-refractivity contribution is 0.103. The molecule has 1 unspecified atom stereocenters. The second-order valence-electron chi connectivity index (χ2n) is 4.40. The SMILES string of the molecule is OC1(c2ccccc2)CN=C1c1ccc(Cl)cc1. The summed E-state index contributed by atoms with van der Waals surface area (Å²) in [5.41, 5.74) is 1.54. The van der Waals surface area contributed by atoms with Gasteiger partial charge < -0.3 is 5.11 Å². The Morgan fingerprint density at radius 1 is 1.00 bits per heavy atom. The zero-order chi connectivity index (χ0) is 12.6. The Morgan fingerprint density at radius 3 is 2.22 bits per heavy atom. The number of rotatable bonds is 2. The first-order valence-corrected chi connectivity index (χ1v) is 6.17. The van der Waals surface area contributed by atoms with Crippen LogP contribution in [0.5, 0.6) is 0 Å². The van der Waals surface area contributed by atoms with Gasteiger partial charge in [-0.25, -0.2) is 0 Å². The molecule has 0 saturated heterocycles. The molecule has 1 atom stereocenters. The Balaban J connectivity index is 1.98. The van der Waals surface area contributed by atoms with Crippen LogP contribution in [0.1, 0.15) is 11.1 Å². The molecule has 0 aliphatic carbocycles. The van der Waals surface area contributed by atoms with Crippen molar-refractivity contribution in [2.24, 2.45) is 4.99 Å². The summed E-state index contributed by atoms with van der Waals surface area (Å²) in [5, 5.41) is 11.4. The second-order valence-corrected chi connectivity index (χ2v) is 4.83. The predicted molar refractivity (Wildman–Crippen MR) is 73.2 cm³/mol. The highest BCUT2D eigenvalue weighted by atomic mass is 35.5. The van der Waals surface area contributed by atoms with Crippen molar-refractivity contribution in [3.8, 4) is 0 Å². The molecule has 1 aliphatic heterocycles. The molecule has 0 radical (unpaired) electrons. The molecule has 0 aromatic heterocycles. The first-order chi connectivity index (χ1) is 8.70. The molecule has 3 rings (SSSR count). The van der Waals surface area contributed by atoms with Crippen molar-refractivity contribution in [1.29, 1.82) is 0 Å². The van der Waals surface area contributed by atoms with Crippen LogP contribution in [-0.4, -0.2) is 17.4 Å². The van der Waals surface area contributed by atoms with E-state index in [1.165, 1.54) is 0 Å². The quantitative estimate of drug-likeness (QED) is 0.881. The Bertz CT molecular complexity index is 592. The van der Waals surface area contributed by atoms with E-state index in [1.807, 2.05) is 54.6 Å². The monoisotopic (exact) mass is 257 g/mol. The summed E-state index contributed by atoms with van der Waals surface area (Å²) in [6.07, 6.45) is 0. The van der Waals surface area contributed by atoms with Crippen LogP contribution in [0.2, 0.25) is 5.02 Å². The Morgan fingerprint density at radius 2 is 1.67 bits per heavy atom. The lowest BCUT2D eigenvalue weighted by Gasteiger charge is -2.36. The number of aliphatic imine (C=N–C) groups is 1. The molecule has 0 bridgehead atoms. The molecule has 0 spiro atoms. The van der Waals surface area contributed by atoms with E-state index in [1.54, 1.807) is 0 Å². The van der Waals surface area contributed by atoms with Gasteiger partial charge in [-0.05, 0) is 23.3 Å². The Kier molecular flexibility index (Phi) is 2.69. The average Bonchev–Trinajstić information content (AvgIpc) is 2.40. The van der Waals surface area contributed by atoms with Gasteiger partial charge in [0.1, 0.15) is 0 Å². The van der Waals surface area contributed by atoms with Gasteiger partial charge in [0.05, 0.1) is 12.3 Å². The molecule has 1 aliphatic rings. The molecule has 3 heteroatoms. The maximum atomic E-state index is 10.7. The molecule has 90 valence electrons. The number of hydrogen-bond acceptors (Lipinski definition) is 2. The Labute approximate surface area is 111 Å². The molecule has 0 saturated carbocycles. The highest BCUT2D eigenvalue weighted by Crippen LogP contribution is 2.33. The first-order valence-electron chi connectivity index (χ1n) is 5.79. The summed E-state index contributed by atoms with van der Waals surface area (Å²) >= 11 is 5.86. The second kappa shape index (κ2) is 4.23. The van der Waals surface area contributed by atoms with Gasteiger partial charge in [0.15, 0.2) is 5.60 Å². The fourth-order valence-electron chi connectivity index (χ4n) is 2.19. The van der Waals surface area contributed by atoms with E-state index in [4.69, 9.17) is 11.6 Å². The summed E-state index contributed by atoms with van der Waals surface area (Å²) in [6.45, 7) is 0.412. The summed E-state index contributed by atoms with van der Waals surface area (Å²) in [5.74, 6) is 0. The molecule has 0 fully saturated rings. The van der Waals surface area contributed by atoms with Gasteiger partial charge >= 0.3 is 0 Å². The van der Waals surface area contributed by atoms with Gasteiger partial charge in [-0.2, -0.15) is 0 Å². The first kappa shape index (κ1) is 11.5. The predicted octanol–water partition coefficient (Wildman–Crippen LogP) is 3.03. The maximum Gasteiger partial charge on any atom is 0.151 e. The van der Waals surface area contributed by atoms with E-state index in [0.717, 1.165) is 11.1 Å². The highest BCUT2D eigenvalue weighted by molar-refractivity contribution is 6.30. The fraction of sp³-hybridized carbons (Fsp3) is 0.133. The van der Waals surface area contributed by atoms with Crippen molar-refractivity contribution in [3.63, 3.8) is 0 Å². The van der Waals surface area contributed by atoms with E-state index in [2.05, 4.69) is 4.99 Å². The van der Waals surface area contributed by atoms with Crippen LogP contribution in [0.4, 0.5) is 0 Å². The van der Waals surface area contributed by atoms with Gasteiger partial charge in [0.2, 0.25) is 0 Å². The standard InChI is InChI=1S/C15H12ClNO/c16-13-8-6-11(7-9-13)14-15(18,10-17-14)12-4-2-1-3-5-12/h1-9,18H,10H2. The number of halogens is 1. The van der Waals surface area contributed by atoms with Gasteiger partial charge in [-0.1, -0.05) is 54.1 Å². The smallest absolute Gasteiger partial charge is 0.151 e. The van der Waals surface area contributed by atoms with Gasteiger partial charge in [0.25, 0.3) is 0 Å². The van der Waals surface area contributed by atoms with Crippen LogP contribution < -0.4 is 0 Å². The average molecular weight is 258 g/mol. The summed E-state index contributed by atoms with van der Waals surface area (Å²) in [4.78, 5) is 4.32. The van der Waals surface area contributed by atoms with Crippen LogP contribution in [0.3, 0.4) is 0 Å². The van der Waals surface area contributed by atoms with Gasteiger partial charge in [-0.15, -0.1) is 0 Å². The van der Waals surface area contributed by atoms with Crippen molar-refractivity contribution < 1.29 is 5.11 Å². The molecule has 0 amide bonds. The normalized spacial score (nSPS) is 22.2. The number of benzene rings is 2. The van der Waals surface area contributed by atoms with Crippen molar-refractivity contribution in [2.75, 3.05) is 6.54 Å². The van der Waals surface area contributed by atoms with Crippen molar-refractivity contribution >= 4 is 17.3 Å². The summed E-state index contributed by atoms with van der Waals surface area (Å²) in [7, 11) is 0. The fourth-order valence-corrected chi connectivity index (χ4v) is 2.31. The van der Waals surface area contributed by atoms with Crippen LogP contribution in [0.25, 0.3) is 0 Å². The van der Waals surface area contributed by atoms with Crippen molar-refractivity contribution in [1.82, 2.24) is 0 Å². The number of nitrogens with zero attached hydrogens (tertiary/aromatic N) is 1. The third kappa shape index (κ3) is 1.74. The minimum atomic E-state index is -0.963. The van der Waals surface area contributed by atoms with E-state index in [0.29, 0.717) is 17.3 Å². The lowest BCUT2D eigenvalue weighted by atomic mass is 9.81. The molecular weight excluding hydrogens is 246 g/mol. The van der Waals surface area contributed by atoms with Crippen molar-refractivity contribution in [2.45, 2.75) is 5.60 Å². The van der Waals surface area contributed by atoms with Gasteiger partial charge in [-0.3, -0.25) is 4.99 Å². The largest absolute Gasteiger partial charge is 0.377 e. The van der Waals surface area contributed by atoms with E-state index >= 15 is 0 Å². The topological polar surface area (TPSA) is 32.6 Å². The number of aliphatic hydroxyl groups is 1. The summed E-state index contributed by atoms with van der Waals surface area (Å²) < 4.78 is 0. The minimum absolute atomic E-state index is 0.412. The van der Waals surface area contributed by atoms with Crippen LogP contribution in [0.15, 0.2) is 59.6 Å². The minimum Gasteiger partial charge on any atom is -0.377 e. The zero-order valence-corrected chi connectivity index (χ0v) is 10.4. The maximum absolute atomic E-state index is 10.7. The van der Waals surface area contributed by atoms with E-state index < -0.39 is 5.60 Å². The molecule has 1 N–H and O–H groups in total. The Hall–Kier alpha value is -1.64. The third-order valence-electron chi connectivity index (χ3n) is 3.23. The molecule has 18 heavy (non-hydrogen) atoms. The molecule has 1 heterocycles. The van der Waals surface area contributed by atoms with Crippen LogP contribution in [0, 0.1) is 0 Å². The highest BCUT2D eigenvalue weighted by Gasteiger charge is 2.42. The molecule has 2 nitrogen and oxygen atoms in total. The molecule has 2 aromatic rings. The summed E-state index contributed by atoms with van der Waals surface area (Å²) in [6, 6.07) is 17.0. The third-order valence-corrected chi connectivity index (χ3v) is 3.48. The van der Waals surface area contributed by atoms with Gasteiger partial charge in [0, 0.05) is 5.02 Å². The van der Waals surface area contributed by atoms with Crippen LogP contribution in [-0.2, 0) is 5.60 Å². The van der Waals surface area contributed by atoms with E-state index in [-0.39, 0.29) is 0 Å². The lowest BCUT2D eigenvalue weighted by Crippen LogP contribution is -2.47. The van der Waals surface area contributed by atoms with Crippen LogP contribution >= 0.6 is 11.6 Å².